The minimum atomic E-state index is -0.551. The largest absolute Gasteiger partial charge is 0.452 e. The third kappa shape index (κ3) is 5.33. The lowest BCUT2D eigenvalue weighted by Crippen LogP contribution is -2.30. The van der Waals surface area contributed by atoms with E-state index in [2.05, 4.69) is 0 Å². The molecular formula is C20H21ClN2O4S. The van der Waals surface area contributed by atoms with Gasteiger partial charge in [0.2, 0.25) is 5.91 Å². The molecule has 0 unspecified atom stereocenters. The van der Waals surface area contributed by atoms with Crippen LogP contribution in [0.2, 0.25) is 4.34 Å². The highest BCUT2D eigenvalue weighted by atomic mass is 35.5. The first-order valence-corrected chi connectivity index (χ1v) is 10.1. The van der Waals surface area contributed by atoms with Crippen LogP contribution in [-0.2, 0) is 27.4 Å². The Hall–Kier alpha value is -2.38. The van der Waals surface area contributed by atoms with Crippen LogP contribution in [0.15, 0.2) is 36.4 Å². The fourth-order valence-corrected chi connectivity index (χ4v) is 4.06. The van der Waals surface area contributed by atoms with Crippen molar-refractivity contribution in [3.05, 3.63) is 56.7 Å². The van der Waals surface area contributed by atoms with Crippen molar-refractivity contribution in [2.45, 2.75) is 25.9 Å². The van der Waals surface area contributed by atoms with Gasteiger partial charge in [-0.25, -0.2) is 4.79 Å². The number of hydrogen-bond acceptors (Lipinski definition) is 5. The van der Waals surface area contributed by atoms with Gasteiger partial charge in [-0.3, -0.25) is 9.59 Å². The first-order chi connectivity index (χ1) is 13.4. The Morgan fingerprint density at radius 2 is 1.96 bits per heavy atom. The van der Waals surface area contributed by atoms with E-state index in [1.165, 1.54) is 16.2 Å². The van der Waals surface area contributed by atoms with Gasteiger partial charge in [-0.1, -0.05) is 23.7 Å². The van der Waals surface area contributed by atoms with Gasteiger partial charge in [0.1, 0.15) is 0 Å². The number of thiophene rings is 1. The van der Waals surface area contributed by atoms with Crippen LogP contribution in [0, 0.1) is 0 Å². The number of likely N-dealkylation sites (tertiary alicyclic amines) is 1. The Balaban J connectivity index is 1.47. The Bertz CT molecular complexity index is 865. The molecule has 1 aromatic heterocycles. The molecule has 0 spiro atoms. The fourth-order valence-electron chi connectivity index (χ4n) is 2.92. The fraction of sp³-hybridized carbons (Fsp3) is 0.350. The zero-order chi connectivity index (χ0) is 20.1. The number of halogens is 1. The molecule has 3 rings (SSSR count). The van der Waals surface area contributed by atoms with E-state index < -0.39 is 5.97 Å². The van der Waals surface area contributed by atoms with Crippen LogP contribution in [0.5, 0.6) is 0 Å². The lowest BCUT2D eigenvalue weighted by molar-refractivity contribution is -0.133. The highest BCUT2D eigenvalue weighted by molar-refractivity contribution is 7.16. The lowest BCUT2D eigenvalue weighted by Gasteiger charge is -2.16. The summed E-state index contributed by atoms with van der Waals surface area (Å²) in [6, 6.07) is 10.6. The summed E-state index contributed by atoms with van der Waals surface area (Å²) in [5, 5.41) is 0. The van der Waals surface area contributed by atoms with Crippen LogP contribution in [0.4, 0.5) is 0 Å². The topological polar surface area (TPSA) is 66.9 Å². The standard InChI is InChI=1S/C20H21ClN2O4S/c1-22(12-16-8-9-17(21)28-16)19(25)13-27-20(26)15-6-4-14(5-7-15)11-23-10-2-3-18(23)24/h4-9H,2-3,10-13H2,1H3. The van der Waals surface area contributed by atoms with Gasteiger partial charge in [0, 0.05) is 31.4 Å². The molecule has 0 atom stereocenters. The summed E-state index contributed by atoms with van der Waals surface area (Å²) in [5.41, 5.74) is 1.33. The summed E-state index contributed by atoms with van der Waals surface area (Å²) in [7, 11) is 1.65. The third-order valence-electron chi connectivity index (χ3n) is 4.51. The van der Waals surface area contributed by atoms with E-state index in [9.17, 15) is 14.4 Å². The molecule has 1 fully saturated rings. The van der Waals surface area contributed by atoms with Crippen molar-refractivity contribution in [2.24, 2.45) is 0 Å². The maximum absolute atomic E-state index is 12.2. The number of ether oxygens (including phenoxy) is 1. The molecular weight excluding hydrogens is 400 g/mol. The molecule has 0 saturated carbocycles. The summed E-state index contributed by atoms with van der Waals surface area (Å²) in [6.45, 7) is 1.41. The molecule has 2 amide bonds. The number of likely N-dealkylation sites (N-methyl/N-ethyl adjacent to an activating group) is 1. The van der Waals surface area contributed by atoms with E-state index in [4.69, 9.17) is 16.3 Å². The van der Waals surface area contributed by atoms with Crippen LogP contribution >= 0.6 is 22.9 Å². The van der Waals surface area contributed by atoms with Gasteiger partial charge in [-0.05, 0) is 36.2 Å². The summed E-state index contributed by atoms with van der Waals surface area (Å²) >= 11 is 7.29. The van der Waals surface area contributed by atoms with Crippen molar-refractivity contribution in [1.82, 2.24) is 9.80 Å². The van der Waals surface area contributed by atoms with Crippen LogP contribution in [0.25, 0.3) is 0 Å². The van der Waals surface area contributed by atoms with Gasteiger partial charge in [0.15, 0.2) is 6.61 Å². The van der Waals surface area contributed by atoms with E-state index in [0.717, 1.165) is 23.4 Å². The molecule has 1 aliphatic heterocycles. The molecule has 1 aromatic carbocycles. The Morgan fingerprint density at radius 1 is 1.21 bits per heavy atom. The predicted molar refractivity (Wildman–Crippen MR) is 107 cm³/mol. The van der Waals surface area contributed by atoms with Crippen molar-refractivity contribution in [3.63, 3.8) is 0 Å². The summed E-state index contributed by atoms with van der Waals surface area (Å²) in [5.74, 6) is -0.678. The molecule has 0 radical (unpaired) electrons. The number of nitrogens with zero attached hydrogens (tertiary/aromatic N) is 2. The molecule has 0 N–H and O–H groups in total. The first kappa shape index (κ1) is 20.4. The van der Waals surface area contributed by atoms with Gasteiger partial charge in [-0.15, -0.1) is 11.3 Å². The highest BCUT2D eigenvalue weighted by Gasteiger charge is 2.20. The zero-order valence-electron chi connectivity index (χ0n) is 15.5. The van der Waals surface area contributed by atoms with Gasteiger partial charge < -0.3 is 14.5 Å². The number of benzene rings is 1. The quantitative estimate of drug-likeness (QED) is 0.644. The molecule has 1 saturated heterocycles. The molecule has 2 heterocycles. The molecule has 148 valence electrons. The first-order valence-electron chi connectivity index (χ1n) is 8.94. The number of amides is 2. The van der Waals surface area contributed by atoms with Crippen LogP contribution in [-0.4, -0.2) is 47.8 Å². The van der Waals surface area contributed by atoms with Crippen LogP contribution in [0.1, 0.15) is 33.6 Å². The average Bonchev–Trinajstić information content (AvgIpc) is 3.28. The Kier molecular flexibility index (Phi) is 6.70. The molecule has 6 nitrogen and oxygen atoms in total. The smallest absolute Gasteiger partial charge is 0.338 e. The van der Waals surface area contributed by atoms with Gasteiger partial charge >= 0.3 is 5.97 Å². The number of esters is 1. The second-order valence-electron chi connectivity index (χ2n) is 6.65. The maximum Gasteiger partial charge on any atom is 0.338 e. The zero-order valence-corrected chi connectivity index (χ0v) is 17.1. The van der Waals surface area contributed by atoms with Crippen molar-refractivity contribution >= 4 is 40.7 Å². The highest BCUT2D eigenvalue weighted by Crippen LogP contribution is 2.22. The Labute approximate surface area is 172 Å². The van der Waals surface area contributed by atoms with E-state index >= 15 is 0 Å². The predicted octanol–water partition coefficient (Wildman–Crippen LogP) is 3.34. The molecule has 0 bridgehead atoms. The van der Waals surface area contributed by atoms with E-state index in [1.807, 2.05) is 11.0 Å². The number of hydrogen-bond donors (Lipinski definition) is 0. The maximum atomic E-state index is 12.2. The van der Waals surface area contributed by atoms with Crippen LogP contribution < -0.4 is 0 Å². The van der Waals surface area contributed by atoms with E-state index in [1.54, 1.807) is 37.4 Å². The Morgan fingerprint density at radius 3 is 2.57 bits per heavy atom. The van der Waals surface area contributed by atoms with Crippen molar-refractivity contribution in [2.75, 3.05) is 20.2 Å². The molecule has 2 aromatic rings. The van der Waals surface area contributed by atoms with Gasteiger partial charge in [0.25, 0.3) is 5.91 Å². The SMILES string of the molecule is CN(Cc1ccc(Cl)s1)C(=O)COC(=O)c1ccc(CN2CCCC2=O)cc1. The van der Waals surface area contributed by atoms with E-state index in [0.29, 0.717) is 29.4 Å². The van der Waals surface area contributed by atoms with Gasteiger partial charge in [-0.2, -0.15) is 0 Å². The monoisotopic (exact) mass is 420 g/mol. The molecule has 0 aliphatic carbocycles. The van der Waals surface area contributed by atoms with Crippen LogP contribution in [0.3, 0.4) is 0 Å². The third-order valence-corrected chi connectivity index (χ3v) is 5.72. The minimum Gasteiger partial charge on any atom is -0.452 e. The molecule has 8 heteroatoms. The summed E-state index contributed by atoms with van der Waals surface area (Å²) in [6.07, 6.45) is 1.50. The molecule has 28 heavy (non-hydrogen) atoms. The van der Waals surface area contributed by atoms with Crippen molar-refractivity contribution in [1.29, 1.82) is 0 Å². The van der Waals surface area contributed by atoms with Crippen molar-refractivity contribution < 1.29 is 19.1 Å². The van der Waals surface area contributed by atoms with Crippen molar-refractivity contribution in [3.8, 4) is 0 Å². The number of rotatable bonds is 7. The normalized spacial score (nSPS) is 13.6. The summed E-state index contributed by atoms with van der Waals surface area (Å²) in [4.78, 5) is 40.3. The number of carbonyl (C=O) groups excluding carboxylic acids is 3. The lowest BCUT2D eigenvalue weighted by atomic mass is 10.1. The summed E-state index contributed by atoms with van der Waals surface area (Å²) < 4.78 is 5.79. The minimum absolute atomic E-state index is 0.163. The number of carbonyl (C=O) groups is 3. The average molecular weight is 421 g/mol. The van der Waals surface area contributed by atoms with Gasteiger partial charge in [0.05, 0.1) is 16.4 Å². The second kappa shape index (κ2) is 9.21. The molecule has 1 aliphatic rings. The van der Waals surface area contributed by atoms with E-state index in [-0.39, 0.29) is 18.4 Å². The second-order valence-corrected chi connectivity index (χ2v) is 8.45.